The molecule has 0 aromatic carbocycles. The summed E-state index contributed by atoms with van der Waals surface area (Å²) in [6.07, 6.45) is -15.5. The van der Waals surface area contributed by atoms with Crippen LogP contribution in [0.25, 0.3) is 0 Å². The van der Waals surface area contributed by atoms with Crippen LogP contribution in [0, 0.1) is 0 Å². The first-order valence-corrected chi connectivity index (χ1v) is 7.19. The Hall–Kier alpha value is -2.26. The van der Waals surface area contributed by atoms with E-state index in [0.717, 1.165) is 0 Å². The van der Waals surface area contributed by atoms with E-state index in [2.05, 4.69) is 0 Å². The van der Waals surface area contributed by atoms with Crippen molar-refractivity contribution in [3.05, 3.63) is 0 Å². The van der Waals surface area contributed by atoms with E-state index in [1.54, 1.807) is 4.74 Å². The molecule has 33 heavy (non-hydrogen) atoms. The molecule has 22 heteroatoms. The van der Waals surface area contributed by atoms with E-state index in [0.29, 0.717) is 0 Å². The molecule has 2 N–H and O–H groups in total. The molecule has 1 aliphatic heterocycles. The Kier molecular flexibility index (Phi) is 6.42. The Bertz CT molecular complexity index is 771. The van der Waals surface area contributed by atoms with Crippen LogP contribution in [-0.2, 0) is 14.3 Å². The average Bonchev–Trinajstić information content (AvgIpc) is 2.54. The summed E-state index contributed by atoms with van der Waals surface area (Å²) < 4.78 is 216. The van der Waals surface area contributed by atoms with Crippen molar-refractivity contribution in [3.63, 3.8) is 0 Å². The van der Waals surface area contributed by atoms with Crippen molar-refractivity contribution in [1.29, 1.82) is 0 Å². The topological polar surface area (TPSA) is 78.9 Å². The van der Waals surface area contributed by atoms with Gasteiger partial charge in [0.2, 0.25) is 0 Å². The van der Waals surface area contributed by atoms with E-state index in [1.807, 2.05) is 0 Å². The zero-order valence-electron chi connectivity index (χ0n) is 14.4. The maximum Gasteiger partial charge on any atom is 0.456 e. The second-order valence-corrected chi connectivity index (χ2v) is 5.90. The number of amides is 1. The molecule has 2 atom stereocenters. The molecule has 0 saturated carbocycles. The number of aliphatic carboxylic acids is 1. The lowest BCUT2D eigenvalue weighted by molar-refractivity contribution is -0.601. The summed E-state index contributed by atoms with van der Waals surface area (Å²) in [6.45, 7) is -2.09. The van der Waals surface area contributed by atoms with Crippen LogP contribution in [0.3, 0.4) is 0 Å². The van der Waals surface area contributed by atoms with E-state index in [-0.39, 0.29) is 5.32 Å². The fourth-order valence-corrected chi connectivity index (χ4v) is 2.13. The quantitative estimate of drug-likeness (QED) is 0.420. The van der Waals surface area contributed by atoms with Gasteiger partial charge < -0.3 is 10.4 Å². The van der Waals surface area contributed by atoms with Gasteiger partial charge in [0.1, 0.15) is 6.54 Å². The molecule has 194 valence electrons. The number of carbonyl (C=O) groups excluding carboxylic acids is 1. The minimum absolute atomic E-state index is 0.276. The summed E-state index contributed by atoms with van der Waals surface area (Å²) in [6, 6.07) is -24.0. The predicted molar refractivity (Wildman–Crippen MR) is 63.1 cm³/mol. The molecule has 2 unspecified atom stereocenters. The summed E-state index contributed by atoms with van der Waals surface area (Å²) in [5.74, 6) is -29.0. The van der Waals surface area contributed by atoms with Gasteiger partial charge in [-0.15, -0.1) is 4.90 Å². The van der Waals surface area contributed by atoms with E-state index < -0.39 is 71.4 Å². The van der Waals surface area contributed by atoms with Gasteiger partial charge in [0.25, 0.3) is 5.91 Å². The maximum absolute atomic E-state index is 14.0. The number of morpholine rings is 1. The van der Waals surface area contributed by atoms with Crippen molar-refractivity contribution in [2.75, 3.05) is 6.54 Å². The van der Waals surface area contributed by atoms with Gasteiger partial charge in [-0.1, -0.05) is 0 Å². The monoisotopic (exact) mass is 532 g/mol. The summed E-state index contributed by atoms with van der Waals surface area (Å²) in [5, 5.41) is 8.37. The molecule has 1 fully saturated rings. The second kappa shape index (κ2) is 7.37. The number of carboxylic acid groups (broad SMARTS) is 1. The summed E-state index contributed by atoms with van der Waals surface area (Å²) in [7, 11) is 0. The van der Waals surface area contributed by atoms with Crippen LogP contribution >= 0.6 is 0 Å². The number of nitrogens with zero attached hydrogens (tertiary/aromatic N) is 1. The van der Waals surface area contributed by atoms with Crippen molar-refractivity contribution < 1.29 is 89.7 Å². The fraction of sp³-hybridized carbons (Fsp3) is 0.818. The highest BCUT2D eigenvalue weighted by molar-refractivity contribution is 5.87. The summed E-state index contributed by atoms with van der Waals surface area (Å²) in [4.78, 5) is 16.7. The molecule has 1 saturated heterocycles. The van der Waals surface area contributed by atoms with Crippen molar-refractivity contribution in [2.24, 2.45) is 0 Å². The predicted octanol–water partition coefficient (Wildman–Crippen LogP) is 3.39. The fourth-order valence-electron chi connectivity index (χ4n) is 2.13. The molecule has 0 bridgehead atoms. The highest BCUT2D eigenvalue weighted by atomic mass is 19.4. The first-order valence-electron chi connectivity index (χ1n) is 7.19. The van der Waals surface area contributed by atoms with E-state index in [4.69, 9.17) is 5.11 Å². The lowest BCUT2D eigenvalue weighted by atomic mass is 10.0. The normalized spacial score (nSPS) is 29.0. The number of carbonyl (C=O) groups is 2. The number of halogens is 16. The van der Waals surface area contributed by atoms with Crippen molar-refractivity contribution in [1.82, 2.24) is 10.2 Å². The minimum atomic E-state index is -7.99. The Morgan fingerprint density at radius 3 is 1.36 bits per heavy atom. The highest BCUT2D eigenvalue weighted by Crippen LogP contribution is 2.66. The van der Waals surface area contributed by atoms with E-state index in [9.17, 15) is 79.8 Å². The summed E-state index contributed by atoms with van der Waals surface area (Å²) >= 11 is 0. The Morgan fingerprint density at radius 2 is 1.09 bits per heavy atom. The zero-order chi connectivity index (χ0) is 26.9. The Balaban J connectivity index is 3.95. The van der Waals surface area contributed by atoms with E-state index >= 15 is 0 Å². The molecule has 1 aliphatic rings. The lowest BCUT2D eigenvalue weighted by Gasteiger charge is -2.55. The van der Waals surface area contributed by atoms with Crippen LogP contribution in [0.4, 0.5) is 70.2 Å². The van der Waals surface area contributed by atoms with Crippen LogP contribution in [0.1, 0.15) is 0 Å². The molecule has 0 aromatic rings. The van der Waals surface area contributed by atoms with Gasteiger partial charge >= 0.3 is 54.1 Å². The Morgan fingerprint density at radius 1 is 0.758 bits per heavy atom. The molecule has 1 heterocycles. The van der Waals surface area contributed by atoms with Crippen LogP contribution in [-0.4, -0.2) is 76.6 Å². The third-order valence-electron chi connectivity index (χ3n) is 3.69. The second-order valence-electron chi connectivity index (χ2n) is 5.90. The third kappa shape index (κ3) is 3.79. The molecule has 1 rings (SSSR count). The number of rotatable bonds is 5. The third-order valence-corrected chi connectivity index (χ3v) is 3.69. The maximum atomic E-state index is 14.0. The van der Waals surface area contributed by atoms with Gasteiger partial charge in [0.15, 0.2) is 0 Å². The van der Waals surface area contributed by atoms with Crippen LogP contribution in [0.15, 0.2) is 0 Å². The molecule has 0 radical (unpaired) electrons. The number of nitrogens with one attached hydrogen (secondary N) is 1. The number of hydrogen-bond donors (Lipinski definition) is 2. The number of hydrogen-bond acceptors (Lipinski definition) is 4. The highest BCUT2D eigenvalue weighted by Gasteiger charge is 2.96. The van der Waals surface area contributed by atoms with E-state index in [1.165, 1.54) is 0 Å². The number of alkyl halides is 16. The van der Waals surface area contributed by atoms with Crippen LogP contribution < -0.4 is 5.32 Å². The SMILES string of the molecule is O=C(O)CNC(=O)C(F)(F)C(F)(F)N1C(F)(F)C(F)(C(F)(F)F)OC(F)(C(F)(F)F)C1(F)F. The number of carboxylic acids is 1. The van der Waals surface area contributed by atoms with Gasteiger partial charge in [-0.25, -0.2) is 0 Å². The zero-order valence-corrected chi connectivity index (χ0v) is 14.4. The van der Waals surface area contributed by atoms with Gasteiger partial charge in [-0.3, -0.25) is 14.3 Å². The Labute approximate surface area is 168 Å². The standard InChI is InChI=1S/C11H4F16N2O4/c12-4(13,3(32)28-1-2(30)31)9(22,23)29-10(24,25)5(14,7(16,17)18)33-6(15,8(19,20)21)11(29,26)27/h1H2,(H,28,32)(H,30,31). The molecule has 1 amide bonds. The first-order chi connectivity index (χ1) is 14.2. The van der Waals surface area contributed by atoms with Gasteiger partial charge in [-0.05, 0) is 0 Å². The van der Waals surface area contributed by atoms with Gasteiger partial charge in [-0.2, -0.15) is 70.2 Å². The van der Waals surface area contributed by atoms with Crippen LogP contribution in [0.5, 0.6) is 0 Å². The van der Waals surface area contributed by atoms with Crippen molar-refractivity contribution in [3.8, 4) is 0 Å². The molecule has 6 nitrogen and oxygen atoms in total. The largest absolute Gasteiger partial charge is 0.480 e. The molecule has 0 aromatic heterocycles. The minimum Gasteiger partial charge on any atom is -0.480 e. The molecule has 0 aliphatic carbocycles. The first kappa shape index (κ1) is 28.8. The molecule has 0 spiro atoms. The van der Waals surface area contributed by atoms with Crippen LogP contribution in [0.2, 0.25) is 0 Å². The lowest BCUT2D eigenvalue weighted by Crippen LogP contribution is -2.86. The smallest absolute Gasteiger partial charge is 0.456 e. The number of ether oxygens (including phenoxy) is 1. The van der Waals surface area contributed by atoms with Gasteiger partial charge in [0, 0.05) is 0 Å². The average molecular weight is 532 g/mol. The molecular formula is C11H4F16N2O4. The molecular weight excluding hydrogens is 528 g/mol. The van der Waals surface area contributed by atoms with Gasteiger partial charge in [0.05, 0.1) is 0 Å². The van der Waals surface area contributed by atoms with Crippen molar-refractivity contribution >= 4 is 11.9 Å². The summed E-state index contributed by atoms with van der Waals surface area (Å²) in [5.41, 5.74) is 0. The van der Waals surface area contributed by atoms with Crippen molar-refractivity contribution in [2.45, 2.75) is 48.1 Å².